The predicted octanol–water partition coefficient (Wildman–Crippen LogP) is 3.42. The molecule has 0 saturated heterocycles. The number of para-hydroxylation sites is 2. The average Bonchev–Trinajstić information content (AvgIpc) is 2.52. The van der Waals surface area contributed by atoms with Crippen molar-refractivity contribution in [2.24, 2.45) is 0 Å². The summed E-state index contributed by atoms with van der Waals surface area (Å²) >= 11 is 0. The third-order valence-corrected chi connectivity index (χ3v) is 4.10. The largest absolute Gasteiger partial charge is 0.370 e. The van der Waals surface area contributed by atoms with Gasteiger partial charge in [-0.05, 0) is 32.9 Å². The van der Waals surface area contributed by atoms with Gasteiger partial charge in [-0.2, -0.15) is 0 Å². The number of nitrogens with one attached hydrogen (secondary N) is 1. The monoisotopic (exact) mass is 308 g/mol. The molecule has 1 amide bonds. The molecule has 0 radical (unpaired) electrons. The molecule has 0 aromatic heterocycles. The molecule has 4 nitrogen and oxygen atoms in total. The zero-order valence-corrected chi connectivity index (χ0v) is 13.6. The van der Waals surface area contributed by atoms with E-state index in [1.165, 1.54) is 0 Å². The molecule has 1 aliphatic rings. The molecule has 1 heterocycles. The van der Waals surface area contributed by atoms with Crippen molar-refractivity contribution >= 4 is 23.1 Å². The summed E-state index contributed by atoms with van der Waals surface area (Å²) in [5, 5.41) is 3.23. The van der Waals surface area contributed by atoms with E-state index in [-0.39, 0.29) is 18.2 Å². The molecule has 3 rings (SSSR count). The lowest BCUT2D eigenvalue weighted by Gasteiger charge is -2.39. The quantitative estimate of drug-likeness (QED) is 0.884. The molecule has 0 unspecified atom stereocenters. The van der Waals surface area contributed by atoms with Crippen molar-refractivity contribution in [1.82, 2.24) is 0 Å². The summed E-state index contributed by atoms with van der Waals surface area (Å²) in [7, 11) is 0. The fraction of sp³-hybridized carbons (Fsp3) is 0.263. The Hall–Kier alpha value is -2.62. The number of fused-ring (bicyclic) bond motifs is 1. The van der Waals surface area contributed by atoms with Gasteiger partial charge in [0.25, 0.3) is 5.91 Å². The number of carbonyl (C=O) groups is 2. The van der Waals surface area contributed by atoms with Crippen LogP contribution in [0.5, 0.6) is 0 Å². The number of carbonyl (C=O) groups excluding carboxylic acids is 2. The Labute approximate surface area is 136 Å². The fourth-order valence-corrected chi connectivity index (χ4v) is 2.78. The second-order valence-corrected chi connectivity index (χ2v) is 6.45. The highest BCUT2D eigenvalue weighted by Gasteiger charge is 2.39. The van der Waals surface area contributed by atoms with E-state index in [0.717, 1.165) is 16.9 Å². The zero-order valence-electron chi connectivity index (χ0n) is 13.6. The van der Waals surface area contributed by atoms with Crippen LogP contribution in [-0.2, 0) is 4.79 Å². The second kappa shape index (κ2) is 5.54. The smallest absolute Gasteiger partial charge is 0.252 e. The zero-order chi connectivity index (χ0) is 16.6. The highest BCUT2D eigenvalue weighted by atomic mass is 16.2. The molecular formula is C19H20N2O2. The van der Waals surface area contributed by atoms with Crippen molar-refractivity contribution in [2.75, 3.05) is 16.8 Å². The number of nitrogens with zero attached hydrogens (tertiary/aromatic N) is 1. The lowest BCUT2D eigenvalue weighted by Crippen LogP contribution is -2.55. The fourth-order valence-electron chi connectivity index (χ4n) is 2.78. The minimum Gasteiger partial charge on any atom is -0.370 e. The Kier molecular flexibility index (Phi) is 3.68. The van der Waals surface area contributed by atoms with Gasteiger partial charge in [-0.15, -0.1) is 0 Å². The van der Waals surface area contributed by atoms with E-state index in [1.54, 1.807) is 17.0 Å². The normalized spacial score (nSPS) is 15.8. The van der Waals surface area contributed by atoms with Gasteiger partial charge < -0.3 is 10.2 Å². The minimum atomic E-state index is -0.734. The average molecular weight is 308 g/mol. The summed E-state index contributed by atoms with van der Waals surface area (Å²) in [6.07, 6.45) is 0. The number of rotatable bonds is 3. The van der Waals surface area contributed by atoms with Gasteiger partial charge in [0.1, 0.15) is 5.54 Å². The third-order valence-electron chi connectivity index (χ3n) is 4.10. The highest BCUT2D eigenvalue weighted by Crippen LogP contribution is 2.35. The Morgan fingerprint density at radius 1 is 1.09 bits per heavy atom. The summed E-state index contributed by atoms with van der Waals surface area (Å²) in [4.78, 5) is 26.9. The molecule has 1 aliphatic heterocycles. The first kappa shape index (κ1) is 15.3. The Morgan fingerprint density at radius 3 is 2.43 bits per heavy atom. The molecule has 23 heavy (non-hydrogen) atoms. The van der Waals surface area contributed by atoms with E-state index in [2.05, 4.69) is 5.32 Å². The Bertz CT molecular complexity index is 763. The Balaban J connectivity index is 1.93. The van der Waals surface area contributed by atoms with E-state index < -0.39 is 5.54 Å². The predicted molar refractivity (Wildman–Crippen MR) is 92.0 cm³/mol. The number of Topliss-reactive ketones (excluding diaryl/α,β-unsaturated/α-hetero) is 1. The minimum absolute atomic E-state index is 0.0457. The van der Waals surface area contributed by atoms with E-state index in [0.29, 0.717) is 5.56 Å². The second-order valence-electron chi connectivity index (χ2n) is 6.45. The molecule has 0 fully saturated rings. The number of benzene rings is 2. The molecule has 2 aromatic carbocycles. The number of amides is 1. The van der Waals surface area contributed by atoms with Crippen molar-refractivity contribution in [3.8, 4) is 0 Å². The third kappa shape index (κ3) is 2.84. The van der Waals surface area contributed by atoms with Crippen LogP contribution in [0.2, 0.25) is 0 Å². The summed E-state index contributed by atoms with van der Waals surface area (Å²) in [6, 6.07) is 15.0. The van der Waals surface area contributed by atoms with Crippen molar-refractivity contribution in [2.45, 2.75) is 26.3 Å². The van der Waals surface area contributed by atoms with Crippen LogP contribution in [-0.4, -0.2) is 23.8 Å². The summed E-state index contributed by atoms with van der Waals surface area (Å²) in [5.74, 6) is -0.164. The van der Waals surface area contributed by atoms with Crippen LogP contribution in [0, 0.1) is 6.92 Å². The molecular weight excluding hydrogens is 288 g/mol. The van der Waals surface area contributed by atoms with Crippen LogP contribution < -0.4 is 10.2 Å². The molecule has 0 bridgehead atoms. The number of anilines is 2. The van der Waals surface area contributed by atoms with Crippen molar-refractivity contribution in [1.29, 1.82) is 0 Å². The maximum atomic E-state index is 12.7. The molecule has 2 aromatic rings. The maximum absolute atomic E-state index is 12.7. The number of hydrogen-bond acceptors (Lipinski definition) is 3. The molecule has 0 atom stereocenters. The van der Waals surface area contributed by atoms with Gasteiger partial charge in [0.05, 0.1) is 17.9 Å². The summed E-state index contributed by atoms with van der Waals surface area (Å²) in [5.41, 5.74) is 2.61. The standard InChI is InChI=1S/C19H20N2O2/c1-13-8-10-14(11-9-13)17(22)12-21-16-7-5-4-6-15(16)20-19(2,3)18(21)23/h4-11,20H,12H2,1-3H3. The lowest BCUT2D eigenvalue weighted by molar-refractivity contribution is -0.122. The van der Waals surface area contributed by atoms with Crippen LogP contribution in [0.15, 0.2) is 48.5 Å². The van der Waals surface area contributed by atoms with E-state index >= 15 is 0 Å². The van der Waals surface area contributed by atoms with E-state index in [4.69, 9.17) is 0 Å². The van der Waals surface area contributed by atoms with Gasteiger partial charge in [-0.1, -0.05) is 42.0 Å². The van der Waals surface area contributed by atoms with Gasteiger partial charge in [0.2, 0.25) is 0 Å². The molecule has 0 aliphatic carbocycles. The lowest BCUT2D eigenvalue weighted by atomic mass is 9.97. The summed E-state index contributed by atoms with van der Waals surface area (Å²) < 4.78 is 0. The molecule has 1 N–H and O–H groups in total. The number of ketones is 1. The van der Waals surface area contributed by atoms with Crippen molar-refractivity contribution in [3.05, 3.63) is 59.7 Å². The number of aryl methyl sites for hydroxylation is 1. The molecule has 0 spiro atoms. The van der Waals surface area contributed by atoms with E-state index in [1.807, 2.05) is 57.2 Å². The molecule has 4 heteroatoms. The SMILES string of the molecule is Cc1ccc(C(=O)CN2C(=O)C(C)(C)Nc3ccccc32)cc1. The van der Waals surface area contributed by atoms with Gasteiger partial charge in [0.15, 0.2) is 5.78 Å². The maximum Gasteiger partial charge on any atom is 0.252 e. The topological polar surface area (TPSA) is 49.4 Å². The number of hydrogen-bond donors (Lipinski definition) is 1. The van der Waals surface area contributed by atoms with Crippen LogP contribution in [0.3, 0.4) is 0 Å². The van der Waals surface area contributed by atoms with Crippen molar-refractivity contribution < 1.29 is 9.59 Å². The highest BCUT2D eigenvalue weighted by molar-refractivity contribution is 6.12. The van der Waals surface area contributed by atoms with Gasteiger partial charge in [0, 0.05) is 5.56 Å². The van der Waals surface area contributed by atoms with Gasteiger partial charge in [-0.25, -0.2) is 0 Å². The van der Waals surface area contributed by atoms with Crippen LogP contribution in [0.1, 0.15) is 29.8 Å². The molecule has 0 saturated carbocycles. The van der Waals surface area contributed by atoms with Crippen LogP contribution >= 0.6 is 0 Å². The van der Waals surface area contributed by atoms with E-state index in [9.17, 15) is 9.59 Å². The summed E-state index contributed by atoms with van der Waals surface area (Å²) in [6.45, 7) is 5.68. The first-order chi connectivity index (χ1) is 10.9. The van der Waals surface area contributed by atoms with Gasteiger partial charge in [-0.3, -0.25) is 9.59 Å². The van der Waals surface area contributed by atoms with Crippen LogP contribution in [0.4, 0.5) is 11.4 Å². The first-order valence-corrected chi connectivity index (χ1v) is 7.67. The molecule has 118 valence electrons. The van der Waals surface area contributed by atoms with Crippen LogP contribution in [0.25, 0.3) is 0 Å². The van der Waals surface area contributed by atoms with Crippen molar-refractivity contribution in [3.63, 3.8) is 0 Å². The van der Waals surface area contributed by atoms with Gasteiger partial charge >= 0.3 is 0 Å². The first-order valence-electron chi connectivity index (χ1n) is 7.67. The Morgan fingerprint density at radius 2 is 1.74 bits per heavy atom.